The van der Waals surface area contributed by atoms with E-state index in [0.717, 1.165) is 0 Å². The molecule has 1 unspecified atom stereocenters. The van der Waals surface area contributed by atoms with Gasteiger partial charge in [0.1, 0.15) is 0 Å². The fourth-order valence-corrected chi connectivity index (χ4v) is 2.05. The van der Waals surface area contributed by atoms with Crippen molar-refractivity contribution in [3.8, 4) is 5.75 Å². The smallest absolute Gasteiger partial charge is 0.330 e. The third-order valence-corrected chi connectivity index (χ3v) is 2.92. The van der Waals surface area contributed by atoms with E-state index in [1.807, 2.05) is 24.0 Å². The van der Waals surface area contributed by atoms with Crippen molar-refractivity contribution in [3.05, 3.63) is 18.3 Å². The molecule has 1 aromatic rings. The van der Waals surface area contributed by atoms with Crippen molar-refractivity contribution in [2.75, 3.05) is 38.4 Å². The second kappa shape index (κ2) is 6.38. The van der Waals surface area contributed by atoms with Gasteiger partial charge in [0, 0.05) is 12.7 Å². The summed E-state index contributed by atoms with van der Waals surface area (Å²) in [6.07, 6.45) is 1.68. The summed E-state index contributed by atoms with van der Waals surface area (Å²) in [5.74, 6) is 0.997. The summed E-state index contributed by atoms with van der Waals surface area (Å²) in [4.78, 5) is 18.0. The second-order valence-corrected chi connectivity index (χ2v) is 4.07. The molecule has 0 saturated carbocycles. The number of nitrogens with zero attached hydrogens (tertiary/aromatic N) is 2. The zero-order chi connectivity index (χ0) is 13.7. The van der Waals surface area contributed by atoms with Crippen LogP contribution in [0.1, 0.15) is 6.92 Å². The Labute approximate surface area is 112 Å². The molecular formula is C13H18N2O4. The number of methoxy groups -OCH3 is 1. The number of aromatic nitrogens is 1. The van der Waals surface area contributed by atoms with Gasteiger partial charge in [0.05, 0.1) is 26.9 Å². The average Bonchev–Trinajstić information content (AvgIpc) is 2.47. The van der Waals surface area contributed by atoms with Crippen molar-refractivity contribution in [2.45, 2.75) is 13.0 Å². The Hall–Kier alpha value is -1.82. The van der Waals surface area contributed by atoms with Crippen molar-refractivity contribution >= 4 is 11.8 Å². The summed E-state index contributed by atoms with van der Waals surface area (Å²) in [6.45, 7) is 3.89. The molecule has 0 aliphatic carbocycles. The molecular weight excluding hydrogens is 248 g/mol. The van der Waals surface area contributed by atoms with Gasteiger partial charge in [-0.05, 0) is 19.1 Å². The van der Waals surface area contributed by atoms with Gasteiger partial charge in [-0.15, -0.1) is 0 Å². The molecule has 1 aromatic heterocycles. The van der Waals surface area contributed by atoms with Crippen LogP contribution in [0.15, 0.2) is 18.3 Å². The van der Waals surface area contributed by atoms with Crippen LogP contribution < -0.4 is 9.64 Å². The number of morpholine rings is 1. The van der Waals surface area contributed by atoms with Gasteiger partial charge < -0.3 is 19.1 Å². The second-order valence-electron chi connectivity index (χ2n) is 4.07. The summed E-state index contributed by atoms with van der Waals surface area (Å²) in [7, 11) is 1.37. The maximum Gasteiger partial charge on any atom is 0.330 e. The van der Waals surface area contributed by atoms with E-state index >= 15 is 0 Å². The van der Waals surface area contributed by atoms with E-state index in [4.69, 9.17) is 14.2 Å². The van der Waals surface area contributed by atoms with E-state index < -0.39 is 6.04 Å². The molecule has 6 heteroatoms. The average molecular weight is 266 g/mol. The van der Waals surface area contributed by atoms with Gasteiger partial charge in [0.25, 0.3) is 0 Å². The number of pyridine rings is 1. The van der Waals surface area contributed by atoms with E-state index in [-0.39, 0.29) is 5.97 Å². The first-order valence-electron chi connectivity index (χ1n) is 6.28. The Balaban J connectivity index is 2.29. The lowest BCUT2D eigenvalue weighted by Crippen LogP contribution is -2.51. The summed E-state index contributed by atoms with van der Waals surface area (Å²) >= 11 is 0. The molecule has 0 N–H and O–H groups in total. The predicted molar refractivity (Wildman–Crippen MR) is 69.4 cm³/mol. The van der Waals surface area contributed by atoms with Crippen molar-refractivity contribution in [1.82, 2.24) is 4.98 Å². The molecule has 1 atom stereocenters. The molecule has 2 rings (SSSR count). The van der Waals surface area contributed by atoms with Crippen molar-refractivity contribution in [2.24, 2.45) is 0 Å². The van der Waals surface area contributed by atoms with Gasteiger partial charge in [-0.3, -0.25) is 0 Å². The lowest BCUT2D eigenvalue weighted by molar-refractivity contribution is -0.144. The number of hydrogen-bond donors (Lipinski definition) is 0. The van der Waals surface area contributed by atoms with Crippen LogP contribution >= 0.6 is 0 Å². The lowest BCUT2D eigenvalue weighted by atomic mass is 10.2. The van der Waals surface area contributed by atoms with Crippen LogP contribution in [0.4, 0.5) is 5.82 Å². The minimum atomic E-state index is -0.479. The van der Waals surface area contributed by atoms with Gasteiger partial charge in [-0.1, -0.05) is 0 Å². The lowest BCUT2D eigenvalue weighted by Gasteiger charge is -2.35. The van der Waals surface area contributed by atoms with E-state index in [1.165, 1.54) is 7.11 Å². The molecule has 19 heavy (non-hydrogen) atoms. The third kappa shape index (κ3) is 2.96. The highest BCUT2D eigenvalue weighted by Crippen LogP contribution is 2.28. The van der Waals surface area contributed by atoms with Crippen molar-refractivity contribution in [1.29, 1.82) is 0 Å². The van der Waals surface area contributed by atoms with Crippen LogP contribution in [0.2, 0.25) is 0 Å². The molecule has 1 saturated heterocycles. The van der Waals surface area contributed by atoms with Crippen LogP contribution in [0.5, 0.6) is 5.75 Å². The maximum atomic E-state index is 11.8. The first-order chi connectivity index (χ1) is 9.27. The number of esters is 1. The largest absolute Gasteiger partial charge is 0.490 e. The Bertz CT molecular complexity index is 438. The van der Waals surface area contributed by atoms with Crippen molar-refractivity contribution < 1.29 is 19.0 Å². The highest BCUT2D eigenvalue weighted by atomic mass is 16.5. The zero-order valence-corrected chi connectivity index (χ0v) is 11.2. The number of anilines is 1. The summed E-state index contributed by atoms with van der Waals surface area (Å²) in [5.41, 5.74) is 0. The van der Waals surface area contributed by atoms with Gasteiger partial charge in [0.2, 0.25) is 0 Å². The van der Waals surface area contributed by atoms with Crippen LogP contribution in [0.3, 0.4) is 0 Å². The Morgan fingerprint density at radius 1 is 1.63 bits per heavy atom. The number of carbonyl (C=O) groups is 1. The molecule has 1 fully saturated rings. The van der Waals surface area contributed by atoms with Crippen molar-refractivity contribution in [3.63, 3.8) is 0 Å². The zero-order valence-electron chi connectivity index (χ0n) is 11.2. The summed E-state index contributed by atoms with van der Waals surface area (Å²) < 4.78 is 15.7. The minimum Gasteiger partial charge on any atom is -0.490 e. The maximum absolute atomic E-state index is 11.8. The van der Waals surface area contributed by atoms with Crippen LogP contribution in [0, 0.1) is 0 Å². The standard InChI is InChI=1S/C13H18N2O4/c1-3-19-11-5-4-6-14-12(11)15-7-8-18-9-10(15)13(16)17-2/h4-6,10H,3,7-9H2,1-2H3. The van der Waals surface area contributed by atoms with Gasteiger partial charge in [-0.25, -0.2) is 9.78 Å². The fourth-order valence-electron chi connectivity index (χ4n) is 2.05. The first-order valence-corrected chi connectivity index (χ1v) is 6.28. The number of ether oxygens (including phenoxy) is 3. The summed E-state index contributed by atoms with van der Waals surface area (Å²) in [5, 5.41) is 0. The molecule has 6 nitrogen and oxygen atoms in total. The highest BCUT2D eigenvalue weighted by Gasteiger charge is 2.32. The third-order valence-electron chi connectivity index (χ3n) is 2.92. The van der Waals surface area contributed by atoms with Crippen LogP contribution in [-0.2, 0) is 14.3 Å². The number of carbonyl (C=O) groups excluding carboxylic acids is 1. The molecule has 0 bridgehead atoms. The molecule has 2 heterocycles. The van der Waals surface area contributed by atoms with Gasteiger partial charge in [-0.2, -0.15) is 0 Å². The molecule has 0 spiro atoms. The van der Waals surface area contributed by atoms with Gasteiger partial charge >= 0.3 is 5.97 Å². The van der Waals surface area contributed by atoms with Crippen LogP contribution in [0.25, 0.3) is 0 Å². The topological polar surface area (TPSA) is 60.9 Å². The molecule has 1 aliphatic rings. The van der Waals surface area contributed by atoms with Crippen LogP contribution in [-0.4, -0.2) is 50.5 Å². The molecule has 0 aromatic carbocycles. The van der Waals surface area contributed by atoms with Gasteiger partial charge in [0.15, 0.2) is 17.6 Å². The molecule has 1 aliphatic heterocycles. The number of rotatable bonds is 4. The Kier molecular flexibility index (Phi) is 4.57. The Morgan fingerprint density at radius 2 is 2.47 bits per heavy atom. The predicted octanol–water partition coefficient (Wildman–Crippen LogP) is 0.858. The minimum absolute atomic E-state index is 0.300. The van der Waals surface area contributed by atoms with E-state index in [1.54, 1.807) is 6.20 Å². The van der Waals surface area contributed by atoms with E-state index in [0.29, 0.717) is 37.9 Å². The quantitative estimate of drug-likeness (QED) is 0.753. The Morgan fingerprint density at radius 3 is 3.21 bits per heavy atom. The van der Waals surface area contributed by atoms with E-state index in [2.05, 4.69) is 4.98 Å². The highest BCUT2D eigenvalue weighted by molar-refractivity contribution is 5.80. The molecule has 0 amide bonds. The summed E-state index contributed by atoms with van der Waals surface area (Å²) in [6, 6.07) is 3.17. The number of hydrogen-bond acceptors (Lipinski definition) is 6. The normalized spacial score (nSPS) is 19.1. The van der Waals surface area contributed by atoms with E-state index in [9.17, 15) is 4.79 Å². The molecule has 104 valence electrons. The fraction of sp³-hybridized carbons (Fsp3) is 0.538. The first kappa shape index (κ1) is 13.6. The molecule has 0 radical (unpaired) electrons. The monoisotopic (exact) mass is 266 g/mol. The SMILES string of the molecule is CCOc1cccnc1N1CCOCC1C(=O)OC.